The van der Waals surface area contributed by atoms with E-state index < -0.39 is 6.17 Å². The Morgan fingerprint density at radius 3 is 2.67 bits per heavy atom. The number of rotatable bonds is 1. The summed E-state index contributed by atoms with van der Waals surface area (Å²) in [5.74, 6) is 0.919. The zero-order valence-corrected chi connectivity index (χ0v) is 10.5. The van der Waals surface area contributed by atoms with Gasteiger partial charge in [0.2, 0.25) is 0 Å². The molecular formula is C13H19FN4. The van der Waals surface area contributed by atoms with Gasteiger partial charge < -0.3 is 10.2 Å². The summed E-state index contributed by atoms with van der Waals surface area (Å²) in [7, 11) is 0. The summed E-state index contributed by atoms with van der Waals surface area (Å²) in [4.78, 5) is 11.4. The Bertz CT molecular complexity index is 415. The predicted molar refractivity (Wildman–Crippen MR) is 68.7 cm³/mol. The summed E-state index contributed by atoms with van der Waals surface area (Å²) in [5, 5.41) is 3.36. The number of fused-ring (bicyclic) bond motifs is 1. The van der Waals surface area contributed by atoms with E-state index in [4.69, 9.17) is 4.98 Å². The van der Waals surface area contributed by atoms with Crippen molar-refractivity contribution < 1.29 is 4.39 Å². The maximum Gasteiger partial charge on any atom is 0.147 e. The van der Waals surface area contributed by atoms with E-state index in [1.807, 2.05) is 6.20 Å². The molecule has 1 saturated heterocycles. The van der Waals surface area contributed by atoms with E-state index in [0.29, 0.717) is 12.8 Å². The molecule has 2 aliphatic heterocycles. The highest BCUT2D eigenvalue weighted by Crippen LogP contribution is 2.20. The number of nitrogens with zero attached hydrogens (tertiary/aromatic N) is 3. The van der Waals surface area contributed by atoms with Crippen LogP contribution in [0.25, 0.3) is 0 Å². The van der Waals surface area contributed by atoms with Crippen molar-refractivity contribution in [2.24, 2.45) is 0 Å². The highest BCUT2D eigenvalue weighted by Gasteiger charge is 2.20. The van der Waals surface area contributed by atoms with Crippen molar-refractivity contribution in [3.63, 3.8) is 0 Å². The first-order valence-corrected chi connectivity index (χ1v) is 6.77. The maximum absolute atomic E-state index is 13.1. The van der Waals surface area contributed by atoms with E-state index in [1.165, 1.54) is 0 Å². The van der Waals surface area contributed by atoms with Gasteiger partial charge in [-0.2, -0.15) is 0 Å². The third-order valence-corrected chi connectivity index (χ3v) is 3.74. The lowest BCUT2D eigenvalue weighted by Gasteiger charge is -2.29. The Kier molecular flexibility index (Phi) is 3.41. The van der Waals surface area contributed by atoms with Crippen LogP contribution < -0.4 is 10.2 Å². The van der Waals surface area contributed by atoms with Gasteiger partial charge in [0, 0.05) is 39.0 Å². The number of hydrogen-bond acceptors (Lipinski definition) is 4. The highest BCUT2D eigenvalue weighted by molar-refractivity contribution is 5.38. The molecule has 98 valence electrons. The Morgan fingerprint density at radius 1 is 1.17 bits per heavy atom. The average molecular weight is 250 g/mol. The molecule has 0 bridgehead atoms. The molecule has 0 aromatic carbocycles. The van der Waals surface area contributed by atoms with E-state index in [0.717, 1.165) is 56.2 Å². The normalized spacial score (nSPS) is 21.5. The molecule has 3 heterocycles. The van der Waals surface area contributed by atoms with Crippen LogP contribution in [0.2, 0.25) is 0 Å². The number of aromatic nitrogens is 2. The maximum atomic E-state index is 13.1. The molecule has 0 unspecified atom stereocenters. The van der Waals surface area contributed by atoms with Crippen molar-refractivity contribution in [2.45, 2.75) is 31.9 Å². The largest absolute Gasteiger partial charge is 0.355 e. The van der Waals surface area contributed by atoms with Crippen molar-refractivity contribution >= 4 is 5.82 Å². The molecule has 18 heavy (non-hydrogen) atoms. The highest BCUT2D eigenvalue weighted by atomic mass is 19.1. The Balaban J connectivity index is 1.79. The summed E-state index contributed by atoms with van der Waals surface area (Å²) < 4.78 is 13.1. The van der Waals surface area contributed by atoms with Gasteiger partial charge in [-0.3, -0.25) is 4.98 Å². The molecule has 0 atom stereocenters. The molecule has 1 N–H and O–H groups in total. The zero-order chi connectivity index (χ0) is 12.4. The molecule has 4 nitrogen and oxygen atoms in total. The zero-order valence-electron chi connectivity index (χ0n) is 10.5. The molecule has 1 fully saturated rings. The number of alkyl halides is 1. The summed E-state index contributed by atoms with van der Waals surface area (Å²) >= 11 is 0. The van der Waals surface area contributed by atoms with Crippen LogP contribution in [0.4, 0.5) is 10.2 Å². The van der Waals surface area contributed by atoms with Gasteiger partial charge in [-0.1, -0.05) is 0 Å². The second kappa shape index (κ2) is 5.18. The van der Waals surface area contributed by atoms with E-state index in [9.17, 15) is 4.39 Å². The van der Waals surface area contributed by atoms with Crippen LogP contribution in [0.5, 0.6) is 0 Å². The number of halogens is 1. The minimum Gasteiger partial charge on any atom is -0.355 e. The third kappa shape index (κ3) is 2.46. The predicted octanol–water partition coefficient (Wildman–Crippen LogP) is 1.10. The minimum atomic E-state index is -0.640. The Labute approximate surface area is 107 Å². The quantitative estimate of drug-likeness (QED) is 0.810. The van der Waals surface area contributed by atoms with Crippen LogP contribution in [0.3, 0.4) is 0 Å². The van der Waals surface area contributed by atoms with Crippen molar-refractivity contribution in [1.29, 1.82) is 0 Å². The van der Waals surface area contributed by atoms with Gasteiger partial charge in [-0.25, -0.2) is 9.37 Å². The lowest BCUT2D eigenvalue weighted by molar-refractivity contribution is 0.276. The molecule has 1 aromatic rings. The second-order valence-corrected chi connectivity index (χ2v) is 5.03. The SMILES string of the molecule is FC1CCN(c2cnc3c(n2)CCNCC3)CC1. The Hall–Kier alpha value is -1.23. The van der Waals surface area contributed by atoms with Crippen LogP contribution in [0, 0.1) is 0 Å². The van der Waals surface area contributed by atoms with Gasteiger partial charge in [0.15, 0.2) is 0 Å². The molecule has 0 amide bonds. The van der Waals surface area contributed by atoms with Crippen LogP contribution in [-0.4, -0.2) is 42.3 Å². The monoisotopic (exact) mass is 250 g/mol. The topological polar surface area (TPSA) is 41.1 Å². The fourth-order valence-electron chi connectivity index (χ4n) is 2.62. The smallest absolute Gasteiger partial charge is 0.147 e. The summed E-state index contributed by atoms with van der Waals surface area (Å²) in [5.41, 5.74) is 2.23. The van der Waals surface area contributed by atoms with E-state index >= 15 is 0 Å². The first-order chi connectivity index (χ1) is 8.83. The van der Waals surface area contributed by atoms with Gasteiger partial charge in [0.05, 0.1) is 17.6 Å². The minimum absolute atomic E-state index is 0.611. The second-order valence-electron chi connectivity index (χ2n) is 5.03. The first kappa shape index (κ1) is 11.8. The molecule has 0 saturated carbocycles. The van der Waals surface area contributed by atoms with Crippen molar-refractivity contribution in [1.82, 2.24) is 15.3 Å². The van der Waals surface area contributed by atoms with Crippen LogP contribution in [0.1, 0.15) is 24.2 Å². The fourth-order valence-corrected chi connectivity index (χ4v) is 2.62. The average Bonchev–Trinajstić information content (AvgIpc) is 2.64. The lowest BCUT2D eigenvalue weighted by atomic mass is 10.1. The summed E-state index contributed by atoms with van der Waals surface area (Å²) in [6.07, 6.45) is 4.33. The first-order valence-electron chi connectivity index (χ1n) is 6.77. The molecule has 0 spiro atoms. The summed E-state index contributed by atoms with van der Waals surface area (Å²) in [6, 6.07) is 0. The van der Waals surface area contributed by atoms with Crippen molar-refractivity contribution in [3.8, 4) is 0 Å². The summed E-state index contributed by atoms with van der Waals surface area (Å²) in [6.45, 7) is 3.46. The number of piperidine rings is 1. The van der Waals surface area contributed by atoms with Gasteiger partial charge in [-0.05, 0) is 12.8 Å². The van der Waals surface area contributed by atoms with Crippen LogP contribution >= 0.6 is 0 Å². The molecule has 2 aliphatic rings. The number of hydrogen-bond donors (Lipinski definition) is 1. The fraction of sp³-hybridized carbons (Fsp3) is 0.692. The van der Waals surface area contributed by atoms with Crippen molar-refractivity contribution in [2.75, 3.05) is 31.1 Å². The Morgan fingerprint density at radius 2 is 1.89 bits per heavy atom. The van der Waals surface area contributed by atoms with Crippen molar-refractivity contribution in [3.05, 3.63) is 17.6 Å². The molecule has 1 aromatic heterocycles. The third-order valence-electron chi connectivity index (χ3n) is 3.74. The number of nitrogens with one attached hydrogen (secondary N) is 1. The lowest BCUT2D eigenvalue weighted by Crippen LogP contribution is -2.35. The molecule has 5 heteroatoms. The van der Waals surface area contributed by atoms with E-state index in [-0.39, 0.29) is 0 Å². The van der Waals surface area contributed by atoms with E-state index in [1.54, 1.807) is 0 Å². The molecular weight excluding hydrogens is 231 g/mol. The van der Waals surface area contributed by atoms with Gasteiger partial charge in [0.1, 0.15) is 12.0 Å². The standard InChI is InChI=1S/C13H19FN4/c14-10-3-7-18(8-4-10)13-9-16-11-1-5-15-6-2-12(11)17-13/h9-10,15H,1-8H2. The van der Waals surface area contributed by atoms with Gasteiger partial charge in [-0.15, -0.1) is 0 Å². The van der Waals surface area contributed by atoms with Crippen LogP contribution in [0.15, 0.2) is 6.20 Å². The molecule has 3 rings (SSSR count). The van der Waals surface area contributed by atoms with E-state index in [2.05, 4.69) is 15.2 Å². The molecule has 0 radical (unpaired) electrons. The molecule has 0 aliphatic carbocycles. The van der Waals surface area contributed by atoms with Gasteiger partial charge >= 0.3 is 0 Å². The van der Waals surface area contributed by atoms with Gasteiger partial charge in [0.25, 0.3) is 0 Å². The van der Waals surface area contributed by atoms with Crippen LogP contribution in [-0.2, 0) is 12.8 Å². The number of anilines is 1.